The Kier molecular flexibility index (Phi) is 6.08. The van der Waals surface area contributed by atoms with Gasteiger partial charge in [-0.05, 0) is 38.4 Å². The Bertz CT molecular complexity index is 384. The van der Waals surface area contributed by atoms with Crippen molar-refractivity contribution in [2.75, 3.05) is 33.3 Å². The molecule has 20 heavy (non-hydrogen) atoms. The van der Waals surface area contributed by atoms with E-state index < -0.39 is 0 Å². The van der Waals surface area contributed by atoms with E-state index in [1.807, 2.05) is 29.1 Å². The lowest BCUT2D eigenvalue weighted by Gasteiger charge is -2.28. The van der Waals surface area contributed by atoms with Crippen LogP contribution in [0, 0.1) is 0 Å². The summed E-state index contributed by atoms with van der Waals surface area (Å²) in [5.41, 5.74) is 0. The van der Waals surface area contributed by atoms with Gasteiger partial charge in [-0.15, -0.1) is 0 Å². The average Bonchev–Trinajstić information content (AvgIpc) is 2.93. The predicted octanol–water partition coefficient (Wildman–Crippen LogP) is 1.11. The number of carbonyl (C=O) groups excluding carboxylic acids is 1. The molecule has 0 radical (unpaired) electrons. The number of amides is 1. The molecule has 5 nitrogen and oxygen atoms in total. The second kappa shape index (κ2) is 8.07. The second-order valence-corrected chi connectivity index (χ2v) is 5.43. The first-order valence-electron chi connectivity index (χ1n) is 7.41. The summed E-state index contributed by atoms with van der Waals surface area (Å²) in [5.74, 6) is 0.0560. The highest BCUT2D eigenvalue weighted by molar-refractivity contribution is 5.75. The first-order chi connectivity index (χ1) is 9.74. The Morgan fingerprint density at radius 2 is 2.00 bits per heavy atom. The summed E-state index contributed by atoms with van der Waals surface area (Å²) in [5, 5.41) is 2.92. The molecule has 1 fully saturated rings. The van der Waals surface area contributed by atoms with Gasteiger partial charge >= 0.3 is 0 Å². The molecule has 1 aliphatic rings. The third-order valence-electron chi connectivity index (χ3n) is 3.65. The fraction of sp³-hybridized carbons (Fsp3) is 0.667. The van der Waals surface area contributed by atoms with Crippen molar-refractivity contribution in [2.45, 2.75) is 31.9 Å². The molecule has 2 heterocycles. The average molecular weight is 279 g/mol. The smallest absolute Gasteiger partial charge is 0.239 e. The molecule has 0 unspecified atom stereocenters. The number of likely N-dealkylation sites (tertiary alicyclic amines) is 1. The predicted molar refractivity (Wildman–Crippen MR) is 78.5 cm³/mol. The summed E-state index contributed by atoms with van der Waals surface area (Å²) in [6.45, 7) is 4.06. The van der Waals surface area contributed by atoms with Crippen LogP contribution in [-0.2, 0) is 16.1 Å². The molecular formula is C15H25N3O2. The normalized spacial score (nSPS) is 17.2. The zero-order valence-electron chi connectivity index (χ0n) is 12.3. The maximum Gasteiger partial charge on any atom is 0.239 e. The van der Waals surface area contributed by atoms with Gasteiger partial charge in [-0.1, -0.05) is 0 Å². The molecule has 0 aromatic carbocycles. The minimum absolute atomic E-state index is 0.0560. The Labute approximate surface area is 120 Å². The van der Waals surface area contributed by atoms with Crippen LogP contribution in [0.25, 0.3) is 0 Å². The molecule has 1 amide bonds. The molecule has 0 atom stereocenters. The molecule has 0 spiro atoms. The summed E-state index contributed by atoms with van der Waals surface area (Å²) >= 11 is 0. The van der Waals surface area contributed by atoms with Gasteiger partial charge in [-0.3, -0.25) is 4.79 Å². The van der Waals surface area contributed by atoms with Gasteiger partial charge in [0.1, 0.15) is 6.54 Å². The monoisotopic (exact) mass is 279 g/mol. The van der Waals surface area contributed by atoms with Crippen LogP contribution in [0.4, 0.5) is 0 Å². The van der Waals surface area contributed by atoms with E-state index in [9.17, 15) is 4.79 Å². The fourth-order valence-corrected chi connectivity index (χ4v) is 2.40. The molecule has 0 aliphatic carbocycles. The summed E-state index contributed by atoms with van der Waals surface area (Å²) in [7, 11) is 2.15. The van der Waals surface area contributed by atoms with Crippen LogP contribution < -0.4 is 5.32 Å². The van der Waals surface area contributed by atoms with Crippen molar-refractivity contribution in [3.63, 3.8) is 0 Å². The van der Waals surface area contributed by atoms with Crippen molar-refractivity contribution in [1.29, 1.82) is 0 Å². The maximum absolute atomic E-state index is 11.6. The van der Waals surface area contributed by atoms with Gasteiger partial charge in [-0.2, -0.15) is 0 Å². The maximum atomic E-state index is 11.6. The van der Waals surface area contributed by atoms with E-state index in [2.05, 4.69) is 17.3 Å². The number of ether oxygens (including phenoxy) is 1. The number of carbonyl (C=O) groups is 1. The van der Waals surface area contributed by atoms with E-state index in [1.54, 1.807) is 0 Å². The zero-order valence-corrected chi connectivity index (χ0v) is 12.3. The standard InChI is InChI=1S/C15H25N3O2/c1-17-10-5-14(6-11-17)20-12-4-7-16-15(19)13-18-8-2-3-9-18/h2-3,8-9,14H,4-7,10-13H2,1H3,(H,16,19). The van der Waals surface area contributed by atoms with E-state index >= 15 is 0 Å². The molecule has 0 bridgehead atoms. The van der Waals surface area contributed by atoms with Gasteiger partial charge in [0.25, 0.3) is 0 Å². The summed E-state index contributed by atoms with van der Waals surface area (Å²) in [4.78, 5) is 14.0. The fourth-order valence-electron chi connectivity index (χ4n) is 2.40. The summed E-state index contributed by atoms with van der Waals surface area (Å²) in [6.07, 6.45) is 7.31. The van der Waals surface area contributed by atoms with Crippen LogP contribution in [0.5, 0.6) is 0 Å². The molecule has 1 saturated heterocycles. The lowest BCUT2D eigenvalue weighted by atomic mass is 10.1. The number of rotatable bonds is 7. The third kappa shape index (κ3) is 5.35. The number of nitrogens with zero attached hydrogens (tertiary/aromatic N) is 2. The quantitative estimate of drug-likeness (QED) is 0.761. The lowest BCUT2D eigenvalue weighted by Crippen LogP contribution is -2.34. The van der Waals surface area contributed by atoms with Crippen LogP contribution in [0.1, 0.15) is 19.3 Å². The van der Waals surface area contributed by atoms with Crippen LogP contribution >= 0.6 is 0 Å². The van der Waals surface area contributed by atoms with Gasteiger partial charge in [-0.25, -0.2) is 0 Å². The molecule has 1 aliphatic heterocycles. The van der Waals surface area contributed by atoms with Crippen molar-refractivity contribution in [3.8, 4) is 0 Å². The summed E-state index contributed by atoms with van der Waals surface area (Å²) in [6, 6.07) is 3.84. The van der Waals surface area contributed by atoms with E-state index in [4.69, 9.17) is 4.74 Å². The topological polar surface area (TPSA) is 46.5 Å². The highest BCUT2D eigenvalue weighted by Crippen LogP contribution is 2.11. The molecule has 5 heteroatoms. The molecule has 1 aromatic rings. The Morgan fingerprint density at radius 3 is 2.70 bits per heavy atom. The van der Waals surface area contributed by atoms with Gasteiger partial charge in [0, 0.05) is 38.6 Å². The third-order valence-corrected chi connectivity index (χ3v) is 3.65. The van der Waals surface area contributed by atoms with Gasteiger partial charge in [0.2, 0.25) is 5.91 Å². The van der Waals surface area contributed by atoms with E-state index in [1.165, 1.54) is 0 Å². The first-order valence-corrected chi connectivity index (χ1v) is 7.41. The number of hydrogen-bond acceptors (Lipinski definition) is 3. The first kappa shape index (κ1) is 15.1. The summed E-state index contributed by atoms with van der Waals surface area (Å²) < 4.78 is 7.70. The second-order valence-electron chi connectivity index (χ2n) is 5.43. The molecule has 112 valence electrons. The number of nitrogens with one attached hydrogen (secondary N) is 1. The van der Waals surface area contributed by atoms with Crippen molar-refractivity contribution in [1.82, 2.24) is 14.8 Å². The Balaban J connectivity index is 1.48. The van der Waals surface area contributed by atoms with Gasteiger partial charge < -0.3 is 19.5 Å². The van der Waals surface area contributed by atoms with E-state index in [0.29, 0.717) is 19.2 Å². The highest BCUT2D eigenvalue weighted by Gasteiger charge is 2.16. The van der Waals surface area contributed by atoms with Gasteiger partial charge in [0.15, 0.2) is 0 Å². The number of piperidine rings is 1. The van der Waals surface area contributed by atoms with Crippen molar-refractivity contribution in [3.05, 3.63) is 24.5 Å². The van der Waals surface area contributed by atoms with E-state index in [0.717, 1.165) is 39.0 Å². The Morgan fingerprint density at radius 1 is 1.30 bits per heavy atom. The van der Waals surface area contributed by atoms with E-state index in [-0.39, 0.29) is 5.91 Å². The number of aromatic nitrogens is 1. The SMILES string of the molecule is CN1CCC(OCCCNC(=O)Cn2cccc2)CC1. The largest absolute Gasteiger partial charge is 0.378 e. The van der Waals surface area contributed by atoms with Crippen molar-refractivity contribution >= 4 is 5.91 Å². The molecular weight excluding hydrogens is 254 g/mol. The molecule has 2 rings (SSSR count). The highest BCUT2D eigenvalue weighted by atomic mass is 16.5. The molecule has 0 saturated carbocycles. The van der Waals surface area contributed by atoms with Crippen LogP contribution in [0.2, 0.25) is 0 Å². The van der Waals surface area contributed by atoms with Crippen molar-refractivity contribution < 1.29 is 9.53 Å². The van der Waals surface area contributed by atoms with Crippen LogP contribution in [-0.4, -0.2) is 54.8 Å². The Hall–Kier alpha value is -1.33. The van der Waals surface area contributed by atoms with Crippen LogP contribution in [0.3, 0.4) is 0 Å². The minimum Gasteiger partial charge on any atom is -0.378 e. The van der Waals surface area contributed by atoms with Crippen LogP contribution in [0.15, 0.2) is 24.5 Å². The minimum atomic E-state index is 0.0560. The van der Waals surface area contributed by atoms with Gasteiger partial charge in [0.05, 0.1) is 6.10 Å². The zero-order chi connectivity index (χ0) is 14.2. The number of hydrogen-bond donors (Lipinski definition) is 1. The van der Waals surface area contributed by atoms with Crippen molar-refractivity contribution in [2.24, 2.45) is 0 Å². The molecule has 1 aromatic heterocycles. The lowest BCUT2D eigenvalue weighted by molar-refractivity contribution is -0.121. The molecule has 1 N–H and O–H groups in total.